The Morgan fingerprint density at radius 1 is 1.26 bits per heavy atom. The number of furan rings is 1. The highest BCUT2D eigenvalue weighted by Crippen LogP contribution is 2.32. The van der Waals surface area contributed by atoms with E-state index < -0.39 is 5.91 Å². The van der Waals surface area contributed by atoms with Gasteiger partial charge in [0.2, 0.25) is 0 Å². The van der Waals surface area contributed by atoms with E-state index in [1.54, 1.807) is 19.1 Å². The lowest BCUT2D eigenvalue weighted by atomic mass is 10.1. The minimum atomic E-state index is -0.531. The molecule has 2 N–H and O–H groups in total. The molecule has 0 unspecified atom stereocenters. The number of phenols is 1. The van der Waals surface area contributed by atoms with E-state index >= 15 is 0 Å². The molecular weight excluding hydrogens is 299 g/mol. The predicted octanol–water partition coefficient (Wildman–Crippen LogP) is 3.35. The summed E-state index contributed by atoms with van der Waals surface area (Å²) in [6.45, 7) is 1.68. The third-order valence-corrected chi connectivity index (χ3v) is 3.39. The molecule has 1 amide bonds. The van der Waals surface area contributed by atoms with Crippen molar-refractivity contribution in [3.8, 4) is 5.75 Å². The molecule has 0 atom stereocenters. The number of benzene rings is 2. The smallest absolute Gasteiger partial charge is 0.307 e. The van der Waals surface area contributed by atoms with Crippen molar-refractivity contribution in [3.05, 3.63) is 65.2 Å². The molecule has 3 aromatic rings. The van der Waals surface area contributed by atoms with Crippen LogP contribution in [-0.4, -0.2) is 17.2 Å². The van der Waals surface area contributed by atoms with Crippen molar-refractivity contribution in [3.63, 3.8) is 0 Å². The van der Waals surface area contributed by atoms with Crippen LogP contribution in [0.3, 0.4) is 0 Å². The Morgan fingerprint density at radius 3 is 2.70 bits per heavy atom. The molecule has 0 spiro atoms. The van der Waals surface area contributed by atoms with Crippen LogP contribution in [0.1, 0.15) is 21.7 Å². The Morgan fingerprint density at radius 2 is 2.00 bits per heavy atom. The molecule has 0 aliphatic heterocycles. The zero-order valence-electron chi connectivity index (χ0n) is 12.2. The van der Waals surface area contributed by atoms with Crippen LogP contribution in [0.25, 0.3) is 11.0 Å². The van der Waals surface area contributed by atoms with Gasteiger partial charge in [-0.15, -0.1) is 0 Å². The van der Waals surface area contributed by atoms with E-state index in [2.05, 4.69) is 10.5 Å². The van der Waals surface area contributed by atoms with Gasteiger partial charge in [0.15, 0.2) is 5.76 Å². The molecular formula is C17H13FN2O3. The third kappa shape index (κ3) is 2.91. The van der Waals surface area contributed by atoms with Gasteiger partial charge in [0.25, 0.3) is 0 Å². The molecule has 2 aromatic carbocycles. The summed E-state index contributed by atoms with van der Waals surface area (Å²) in [6.07, 6.45) is 1.40. The molecule has 0 saturated heterocycles. The van der Waals surface area contributed by atoms with E-state index in [1.165, 1.54) is 36.5 Å². The molecule has 5 nitrogen and oxygen atoms in total. The van der Waals surface area contributed by atoms with Crippen LogP contribution in [0.4, 0.5) is 4.39 Å². The van der Waals surface area contributed by atoms with Crippen LogP contribution in [0.5, 0.6) is 5.75 Å². The number of phenolic OH excluding ortho intramolecular Hbond substituents is 1. The number of aromatic hydroxyl groups is 1. The first kappa shape index (κ1) is 14.8. The lowest BCUT2D eigenvalue weighted by Gasteiger charge is -1.97. The summed E-state index contributed by atoms with van der Waals surface area (Å²) in [5.41, 5.74) is 3.95. The van der Waals surface area contributed by atoms with E-state index in [1.807, 2.05) is 0 Å². The van der Waals surface area contributed by atoms with Gasteiger partial charge in [-0.1, -0.05) is 18.2 Å². The number of rotatable bonds is 3. The minimum absolute atomic E-state index is 0.0533. The molecule has 3 rings (SSSR count). The quantitative estimate of drug-likeness (QED) is 0.575. The average molecular weight is 312 g/mol. The van der Waals surface area contributed by atoms with Crippen molar-refractivity contribution in [2.45, 2.75) is 6.92 Å². The first-order chi connectivity index (χ1) is 11.1. The second-order valence-corrected chi connectivity index (χ2v) is 4.96. The van der Waals surface area contributed by atoms with Crippen molar-refractivity contribution in [2.75, 3.05) is 0 Å². The zero-order chi connectivity index (χ0) is 16.4. The molecule has 0 bridgehead atoms. The number of carbonyl (C=O) groups excluding carboxylic acids is 1. The molecule has 6 heteroatoms. The first-order valence-corrected chi connectivity index (χ1v) is 6.86. The topological polar surface area (TPSA) is 74.8 Å². The van der Waals surface area contributed by atoms with Gasteiger partial charge < -0.3 is 9.52 Å². The highest BCUT2D eigenvalue weighted by molar-refractivity contribution is 6.00. The van der Waals surface area contributed by atoms with Crippen molar-refractivity contribution in [2.24, 2.45) is 5.10 Å². The fourth-order valence-electron chi connectivity index (χ4n) is 2.26. The van der Waals surface area contributed by atoms with E-state index in [9.17, 15) is 14.3 Å². The SMILES string of the molecule is Cc1c(C(=O)NN=Cc2ccc(F)cc2)oc2cccc(O)c12. The fraction of sp³-hybridized carbons (Fsp3) is 0.0588. The summed E-state index contributed by atoms with van der Waals surface area (Å²) in [4.78, 5) is 12.1. The Bertz CT molecular complexity index is 898. The Labute approximate surface area is 131 Å². The number of hydrogen-bond donors (Lipinski definition) is 2. The van der Waals surface area contributed by atoms with Crippen LogP contribution < -0.4 is 5.43 Å². The number of amides is 1. The van der Waals surface area contributed by atoms with Gasteiger partial charge in [0, 0.05) is 5.56 Å². The van der Waals surface area contributed by atoms with Crippen LogP contribution in [-0.2, 0) is 0 Å². The van der Waals surface area contributed by atoms with E-state index in [0.717, 1.165) is 0 Å². The Balaban J connectivity index is 1.80. The molecule has 116 valence electrons. The lowest BCUT2D eigenvalue weighted by Crippen LogP contribution is -2.17. The number of hydrazone groups is 1. The summed E-state index contributed by atoms with van der Waals surface area (Å²) in [5.74, 6) is -0.740. The molecule has 1 heterocycles. The maximum Gasteiger partial charge on any atom is 0.307 e. The lowest BCUT2D eigenvalue weighted by molar-refractivity contribution is 0.0929. The number of carbonyl (C=O) groups is 1. The molecule has 0 radical (unpaired) electrons. The number of fused-ring (bicyclic) bond motifs is 1. The molecule has 0 saturated carbocycles. The monoisotopic (exact) mass is 312 g/mol. The second-order valence-electron chi connectivity index (χ2n) is 4.96. The van der Waals surface area contributed by atoms with Gasteiger partial charge in [0.05, 0.1) is 11.6 Å². The maximum atomic E-state index is 12.8. The highest BCUT2D eigenvalue weighted by atomic mass is 19.1. The van der Waals surface area contributed by atoms with Crippen molar-refractivity contribution in [1.29, 1.82) is 0 Å². The maximum absolute atomic E-state index is 12.8. The fourth-order valence-corrected chi connectivity index (χ4v) is 2.26. The Hall–Kier alpha value is -3.15. The molecule has 0 fully saturated rings. The van der Waals surface area contributed by atoms with E-state index in [0.29, 0.717) is 22.1 Å². The van der Waals surface area contributed by atoms with Gasteiger partial charge >= 0.3 is 5.91 Å². The standard InChI is InChI=1S/C17H13FN2O3/c1-10-15-13(21)3-2-4-14(15)23-16(10)17(22)20-19-9-11-5-7-12(18)8-6-11/h2-9,21H,1H3,(H,20,22). The number of nitrogens with zero attached hydrogens (tertiary/aromatic N) is 1. The molecule has 23 heavy (non-hydrogen) atoms. The summed E-state index contributed by atoms with van der Waals surface area (Å²) in [7, 11) is 0. The van der Waals surface area contributed by atoms with Crippen molar-refractivity contribution < 1.29 is 18.7 Å². The van der Waals surface area contributed by atoms with E-state index in [4.69, 9.17) is 4.42 Å². The van der Waals surface area contributed by atoms with Crippen LogP contribution in [0, 0.1) is 12.7 Å². The highest BCUT2D eigenvalue weighted by Gasteiger charge is 2.19. The average Bonchev–Trinajstić information content (AvgIpc) is 2.88. The van der Waals surface area contributed by atoms with Crippen LogP contribution >= 0.6 is 0 Å². The molecule has 0 aliphatic rings. The zero-order valence-corrected chi connectivity index (χ0v) is 12.2. The van der Waals surface area contributed by atoms with E-state index in [-0.39, 0.29) is 17.3 Å². The predicted molar refractivity (Wildman–Crippen MR) is 84.1 cm³/mol. The number of nitrogens with one attached hydrogen (secondary N) is 1. The largest absolute Gasteiger partial charge is 0.507 e. The van der Waals surface area contributed by atoms with Gasteiger partial charge in [-0.2, -0.15) is 5.10 Å². The van der Waals surface area contributed by atoms with Gasteiger partial charge in [-0.05, 0) is 36.8 Å². The number of aryl methyl sites for hydroxylation is 1. The van der Waals surface area contributed by atoms with Gasteiger partial charge in [-0.3, -0.25) is 4.79 Å². The summed E-state index contributed by atoms with van der Waals surface area (Å²) in [6, 6.07) is 10.5. The normalized spacial score (nSPS) is 11.2. The van der Waals surface area contributed by atoms with Gasteiger partial charge in [-0.25, -0.2) is 9.82 Å². The minimum Gasteiger partial charge on any atom is -0.507 e. The Kier molecular flexibility index (Phi) is 3.80. The first-order valence-electron chi connectivity index (χ1n) is 6.86. The molecule has 1 aromatic heterocycles. The number of halogens is 1. The molecule has 0 aliphatic carbocycles. The van der Waals surface area contributed by atoms with Gasteiger partial charge in [0.1, 0.15) is 17.1 Å². The van der Waals surface area contributed by atoms with Crippen molar-refractivity contribution >= 4 is 23.1 Å². The van der Waals surface area contributed by atoms with Crippen LogP contribution in [0.15, 0.2) is 52.0 Å². The van der Waals surface area contributed by atoms with Crippen LogP contribution in [0.2, 0.25) is 0 Å². The summed E-state index contributed by atoms with van der Waals surface area (Å²) < 4.78 is 18.3. The van der Waals surface area contributed by atoms with Crippen molar-refractivity contribution in [1.82, 2.24) is 5.43 Å². The summed E-state index contributed by atoms with van der Waals surface area (Å²) in [5, 5.41) is 14.2. The number of hydrogen-bond acceptors (Lipinski definition) is 4. The summed E-state index contributed by atoms with van der Waals surface area (Å²) >= 11 is 0. The second kappa shape index (κ2) is 5.92. The third-order valence-electron chi connectivity index (χ3n) is 3.39.